The molecule has 0 amide bonds. The molecule has 0 aliphatic carbocycles. The fourth-order valence-electron chi connectivity index (χ4n) is 4.01. The number of rotatable bonds is 9. The third-order valence-corrected chi connectivity index (χ3v) is 5.49. The number of ether oxygens (including phenoxy) is 1. The minimum Gasteiger partial charge on any atom is -0.489 e. The SMILES string of the molecule is CC(C)Cc1cc2cc(COc3ccccc3CC(=O)O)cc(-c3ccnc(CN)c3F)c2o1. The number of hydrogen-bond donors (Lipinski definition) is 2. The summed E-state index contributed by atoms with van der Waals surface area (Å²) in [6.07, 6.45) is 2.16. The van der Waals surface area contributed by atoms with E-state index in [1.807, 2.05) is 18.2 Å². The van der Waals surface area contributed by atoms with Crippen molar-refractivity contribution in [3.05, 3.63) is 83.1 Å². The Balaban J connectivity index is 1.76. The second kappa shape index (κ2) is 10.1. The molecule has 2 aromatic carbocycles. The van der Waals surface area contributed by atoms with Crippen LogP contribution in [0.3, 0.4) is 0 Å². The van der Waals surface area contributed by atoms with E-state index in [4.69, 9.17) is 14.9 Å². The van der Waals surface area contributed by atoms with Gasteiger partial charge in [0.2, 0.25) is 0 Å². The number of carboxylic acids is 1. The maximum absolute atomic E-state index is 15.2. The van der Waals surface area contributed by atoms with Gasteiger partial charge in [0.1, 0.15) is 23.7 Å². The van der Waals surface area contributed by atoms with Crippen molar-refractivity contribution in [3.63, 3.8) is 0 Å². The van der Waals surface area contributed by atoms with Crippen LogP contribution in [-0.4, -0.2) is 16.1 Å². The van der Waals surface area contributed by atoms with Crippen molar-refractivity contribution < 1.29 is 23.4 Å². The molecular formula is C27H27FN2O4. The van der Waals surface area contributed by atoms with E-state index in [2.05, 4.69) is 18.8 Å². The molecule has 6 nitrogen and oxygen atoms in total. The first kappa shape index (κ1) is 23.4. The van der Waals surface area contributed by atoms with Crippen molar-refractivity contribution in [1.82, 2.24) is 4.98 Å². The second-order valence-electron chi connectivity index (χ2n) is 8.66. The molecule has 4 aromatic rings. The zero-order valence-electron chi connectivity index (χ0n) is 19.2. The van der Waals surface area contributed by atoms with Gasteiger partial charge >= 0.3 is 5.97 Å². The molecule has 34 heavy (non-hydrogen) atoms. The Kier molecular flexibility index (Phi) is 6.93. The molecule has 7 heteroatoms. The number of furan rings is 1. The van der Waals surface area contributed by atoms with Crippen LogP contribution in [0.25, 0.3) is 22.1 Å². The van der Waals surface area contributed by atoms with Crippen LogP contribution in [0.5, 0.6) is 5.75 Å². The number of carboxylic acid groups (broad SMARTS) is 1. The zero-order chi connectivity index (χ0) is 24.2. The van der Waals surface area contributed by atoms with Crippen LogP contribution in [0, 0.1) is 11.7 Å². The lowest BCUT2D eigenvalue weighted by molar-refractivity contribution is -0.136. The van der Waals surface area contributed by atoms with Crippen molar-refractivity contribution in [1.29, 1.82) is 0 Å². The zero-order valence-corrected chi connectivity index (χ0v) is 19.2. The van der Waals surface area contributed by atoms with Crippen molar-refractivity contribution in [3.8, 4) is 16.9 Å². The Morgan fingerprint density at radius 1 is 1.18 bits per heavy atom. The van der Waals surface area contributed by atoms with Crippen molar-refractivity contribution >= 4 is 16.9 Å². The predicted octanol–water partition coefficient (Wildman–Crippen LogP) is 5.50. The van der Waals surface area contributed by atoms with Gasteiger partial charge in [-0.3, -0.25) is 9.78 Å². The summed E-state index contributed by atoms with van der Waals surface area (Å²) in [6, 6.07) is 14.4. The van der Waals surface area contributed by atoms with Crippen LogP contribution >= 0.6 is 0 Å². The highest BCUT2D eigenvalue weighted by Gasteiger charge is 2.18. The van der Waals surface area contributed by atoms with Gasteiger partial charge in [-0.25, -0.2) is 4.39 Å². The second-order valence-corrected chi connectivity index (χ2v) is 8.66. The van der Waals surface area contributed by atoms with Crippen molar-refractivity contribution in [2.24, 2.45) is 11.7 Å². The molecule has 0 saturated heterocycles. The maximum atomic E-state index is 15.2. The number of aliphatic carboxylic acids is 1. The average molecular weight is 463 g/mol. The monoisotopic (exact) mass is 462 g/mol. The van der Waals surface area contributed by atoms with Crippen LogP contribution in [-0.2, 0) is 30.8 Å². The molecule has 0 spiro atoms. The fourth-order valence-corrected chi connectivity index (χ4v) is 4.01. The van der Waals surface area contributed by atoms with Crippen LogP contribution < -0.4 is 10.5 Å². The Morgan fingerprint density at radius 3 is 2.71 bits per heavy atom. The van der Waals surface area contributed by atoms with E-state index in [1.54, 1.807) is 30.3 Å². The van der Waals surface area contributed by atoms with E-state index < -0.39 is 11.8 Å². The lowest BCUT2D eigenvalue weighted by Gasteiger charge is -2.13. The lowest BCUT2D eigenvalue weighted by Crippen LogP contribution is -2.05. The highest BCUT2D eigenvalue weighted by atomic mass is 19.1. The summed E-state index contributed by atoms with van der Waals surface area (Å²) >= 11 is 0. The van der Waals surface area contributed by atoms with Crippen LogP contribution in [0.4, 0.5) is 4.39 Å². The Hall–Kier alpha value is -3.71. The van der Waals surface area contributed by atoms with Crippen LogP contribution in [0.1, 0.15) is 36.4 Å². The molecule has 0 aliphatic rings. The minimum absolute atomic E-state index is 0.0112. The number of carbonyl (C=O) groups is 1. The number of pyridine rings is 1. The summed E-state index contributed by atoms with van der Waals surface area (Å²) in [6.45, 7) is 4.39. The molecule has 0 unspecified atom stereocenters. The summed E-state index contributed by atoms with van der Waals surface area (Å²) in [5.41, 5.74) is 8.80. The lowest BCUT2D eigenvalue weighted by atomic mass is 10.00. The third-order valence-electron chi connectivity index (χ3n) is 5.49. The smallest absolute Gasteiger partial charge is 0.307 e. The average Bonchev–Trinajstić information content (AvgIpc) is 3.19. The number of benzene rings is 2. The van der Waals surface area contributed by atoms with Gasteiger partial charge in [0, 0.05) is 41.2 Å². The van der Waals surface area contributed by atoms with Crippen LogP contribution in [0.15, 0.2) is 59.1 Å². The minimum atomic E-state index is -0.931. The van der Waals surface area contributed by atoms with Gasteiger partial charge in [-0.2, -0.15) is 0 Å². The first-order valence-corrected chi connectivity index (χ1v) is 11.2. The number of aromatic nitrogens is 1. The summed E-state index contributed by atoms with van der Waals surface area (Å²) in [5.74, 6) is 0.320. The number of para-hydroxylation sites is 1. The maximum Gasteiger partial charge on any atom is 0.307 e. The van der Waals surface area contributed by atoms with Crippen molar-refractivity contribution in [2.75, 3.05) is 0 Å². The Labute approximate surface area is 197 Å². The number of nitrogens with zero attached hydrogens (tertiary/aromatic N) is 1. The highest BCUT2D eigenvalue weighted by molar-refractivity contribution is 5.93. The fraction of sp³-hybridized carbons (Fsp3) is 0.259. The van der Waals surface area contributed by atoms with Gasteiger partial charge in [-0.15, -0.1) is 0 Å². The number of halogens is 1. The standard InChI is InChI=1S/C27H27FN2O4/c1-16(2)9-20-12-19-10-17(15-33-24-6-4-3-5-18(24)13-25(31)32)11-22(27(19)34-20)21-7-8-30-23(14-29)26(21)28/h3-8,10-12,16H,9,13-15,29H2,1-2H3,(H,31,32). The molecule has 0 saturated carbocycles. The number of hydrogen-bond acceptors (Lipinski definition) is 5. The molecule has 0 bridgehead atoms. The Morgan fingerprint density at radius 2 is 1.97 bits per heavy atom. The largest absolute Gasteiger partial charge is 0.489 e. The first-order valence-electron chi connectivity index (χ1n) is 11.2. The van der Waals surface area contributed by atoms with Gasteiger partial charge in [0.05, 0.1) is 12.1 Å². The van der Waals surface area contributed by atoms with E-state index >= 15 is 4.39 Å². The summed E-state index contributed by atoms with van der Waals surface area (Å²) in [4.78, 5) is 15.2. The van der Waals surface area contributed by atoms with E-state index in [1.165, 1.54) is 6.20 Å². The number of fused-ring (bicyclic) bond motifs is 1. The quantitative estimate of drug-likeness (QED) is 0.341. The Bertz CT molecular complexity index is 1330. The molecule has 0 radical (unpaired) electrons. The van der Waals surface area contributed by atoms with Gasteiger partial charge in [-0.1, -0.05) is 32.0 Å². The summed E-state index contributed by atoms with van der Waals surface area (Å²) in [5, 5.41) is 10.0. The normalized spacial score (nSPS) is 11.3. The molecule has 2 heterocycles. The molecule has 3 N–H and O–H groups in total. The van der Waals surface area contributed by atoms with Crippen molar-refractivity contribution in [2.45, 2.75) is 39.8 Å². The molecule has 0 atom stereocenters. The first-order chi connectivity index (χ1) is 16.4. The highest BCUT2D eigenvalue weighted by Crippen LogP contribution is 2.35. The van der Waals surface area contributed by atoms with Gasteiger partial charge in [0.25, 0.3) is 0 Å². The number of nitrogens with two attached hydrogens (primary N) is 1. The van der Waals surface area contributed by atoms with Gasteiger partial charge in [0.15, 0.2) is 5.82 Å². The van der Waals surface area contributed by atoms with E-state index in [0.29, 0.717) is 33.9 Å². The van der Waals surface area contributed by atoms with E-state index in [-0.39, 0.29) is 25.3 Å². The summed E-state index contributed by atoms with van der Waals surface area (Å²) in [7, 11) is 0. The molecule has 2 aromatic heterocycles. The molecule has 0 aliphatic heterocycles. The van der Waals surface area contributed by atoms with E-state index in [0.717, 1.165) is 23.1 Å². The molecule has 4 rings (SSSR count). The van der Waals surface area contributed by atoms with Gasteiger partial charge < -0.3 is 20.0 Å². The molecule has 176 valence electrons. The topological polar surface area (TPSA) is 98.6 Å². The molecular weight excluding hydrogens is 435 g/mol. The third kappa shape index (κ3) is 5.10. The summed E-state index contributed by atoms with van der Waals surface area (Å²) < 4.78 is 27.3. The van der Waals surface area contributed by atoms with E-state index in [9.17, 15) is 9.90 Å². The predicted molar refractivity (Wildman–Crippen MR) is 128 cm³/mol. The van der Waals surface area contributed by atoms with Crippen LogP contribution in [0.2, 0.25) is 0 Å². The van der Waals surface area contributed by atoms with Gasteiger partial charge in [-0.05, 0) is 41.8 Å². The molecule has 0 fully saturated rings.